The van der Waals surface area contributed by atoms with Gasteiger partial charge in [0.25, 0.3) is 0 Å². The number of aryl methyl sites for hydroxylation is 1. The van der Waals surface area contributed by atoms with Crippen LogP contribution in [0.2, 0.25) is 0 Å². The summed E-state index contributed by atoms with van der Waals surface area (Å²) in [7, 11) is 0. The van der Waals surface area contributed by atoms with E-state index in [9.17, 15) is 0 Å². The van der Waals surface area contributed by atoms with Gasteiger partial charge in [-0.05, 0) is 0 Å². The Labute approximate surface area is 95.1 Å². The summed E-state index contributed by atoms with van der Waals surface area (Å²) in [6, 6.07) is 2.84. The van der Waals surface area contributed by atoms with E-state index in [1.54, 1.807) is 0 Å². The van der Waals surface area contributed by atoms with E-state index in [-0.39, 0.29) is 0 Å². The summed E-state index contributed by atoms with van der Waals surface area (Å²) in [6.07, 6.45) is 2.14. The molecule has 1 aromatic rings. The monoisotopic (exact) mass is 304 g/mol. The van der Waals surface area contributed by atoms with Gasteiger partial charge in [-0.15, -0.1) is 0 Å². The van der Waals surface area contributed by atoms with Crippen LogP contribution in [0, 0.1) is 18.8 Å². The number of piperidine rings is 1. The molecule has 1 aliphatic carbocycles. The third-order valence-electron chi connectivity index (χ3n) is 3.39. The van der Waals surface area contributed by atoms with Crippen molar-refractivity contribution in [2.45, 2.75) is 13.0 Å². The molecule has 2 atom stereocenters. The number of aromatic nitrogens is 2. The number of rotatable bonds is 2. The van der Waals surface area contributed by atoms with Crippen LogP contribution in [0.5, 0.6) is 0 Å². The Balaban J connectivity index is 1.70. The van der Waals surface area contributed by atoms with Gasteiger partial charge >= 0.3 is 95.2 Å². The van der Waals surface area contributed by atoms with E-state index in [1.165, 1.54) is 13.1 Å². The molecule has 3 nitrogen and oxygen atoms in total. The van der Waals surface area contributed by atoms with Gasteiger partial charge in [0.15, 0.2) is 0 Å². The maximum atomic E-state index is 4.51. The van der Waals surface area contributed by atoms with E-state index in [0.717, 1.165) is 23.6 Å². The van der Waals surface area contributed by atoms with Gasteiger partial charge in [0.05, 0.1) is 0 Å². The van der Waals surface area contributed by atoms with E-state index < -0.39 is 0 Å². The second-order valence-electron chi connectivity index (χ2n) is 4.25. The fourth-order valence-corrected chi connectivity index (χ4v) is 4.27. The number of halogens is 1. The Kier molecular flexibility index (Phi) is 2.09. The maximum absolute atomic E-state index is 4.51. The molecule has 2 fully saturated rings. The van der Waals surface area contributed by atoms with Gasteiger partial charge < -0.3 is 0 Å². The molecule has 0 spiro atoms. The Hall–Kier alpha value is -0.100. The first-order valence-corrected chi connectivity index (χ1v) is 8.18. The summed E-state index contributed by atoms with van der Waals surface area (Å²) in [5, 5.41) is 4.51. The van der Waals surface area contributed by atoms with Crippen molar-refractivity contribution in [1.82, 2.24) is 12.9 Å². The van der Waals surface area contributed by atoms with Gasteiger partial charge in [-0.2, -0.15) is 0 Å². The summed E-state index contributed by atoms with van der Waals surface area (Å²) < 4.78 is 4.84. The summed E-state index contributed by atoms with van der Waals surface area (Å²) in [5.74, 6) is 1.82. The molecule has 4 heteroatoms. The van der Waals surface area contributed by atoms with Crippen LogP contribution in [-0.2, 0) is 0 Å². The third kappa shape index (κ3) is 1.31. The molecule has 1 aromatic heterocycles. The average Bonchev–Trinajstić information content (AvgIpc) is 2.60. The molecule has 3 rings (SSSR count). The van der Waals surface area contributed by atoms with Crippen LogP contribution in [0.15, 0.2) is 12.3 Å². The molecule has 0 radical (unpaired) electrons. The van der Waals surface area contributed by atoms with Crippen molar-refractivity contribution < 1.29 is 21.5 Å². The van der Waals surface area contributed by atoms with Crippen molar-refractivity contribution in [2.75, 3.05) is 18.0 Å². The molecule has 2 unspecified atom stereocenters. The summed E-state index contributed by atoms with van der Waals surface area (Å²) >= 11 is 0.326. The van der Waals surface area contributed by atoms with Crippen molar-refractivity contribution in [1.29, 1.82) is 0 Å². The van der Waals surface area contributed by atoms with Crippen molar-refractivity contribution >= 4 is 0 Å². The van der Waals surface area contributed by atoms with Gasteiger partial charge in [0, 0.05) is 0 Å². The molecule has 0 amide bonds. The topological polar surface area (TPSA) is 21.1 Å². The van der Waals surface area contributed by atoms with E-state index in [4.69, 9.17) is 0 Å². The number of nitrogens with zero attached hydrogens (tertiary/aromatic N) is 3. The van der Waals surface area contributed by atoms with Crippen LogP contribution >= 0.6 is 0 Å². The number of hydrogen-bond acceptors (Lipinski definition) is 2. The van der Waals surface area contributed by atoms with Gasteiger partial charge in [-0.1, -0.05) is 0 Å². The fraction of sp³-hybridized carbons (Fsp3) is 0.700. The quantitative estimate of drug-likeness (QED) is 0.356. The zero-order valence-corrected chi connectivity index (χ0v) is 10.7. The van der Waals surface area contributed by atoms with Crippen molar-refractivity contribution in [3.8, 4) is 0 Å². The summed E-state index contributed by atoms with van der Waals surface area (Å²) in [6.45, 7) is 4.73. The van der Waals surface area contributed by atoms with Crippen LogP contribution in [0.25, 0.3) is 0 Å². The molecule has 1 saturated carbocycles. The number of hydrogen-bond donors (Lipinski definition) is 0. The van der Waals surface area contributed by atoms with Crippen molar-refractivity contribution in [3.05, 3.63) is 18.0 Å². The standard InChI is InChI=1S/C10H15IN3/c1-7-3-4-14(12-7)10-8-5-13(11-2)6-9(8)10/h3-4,8-10H,5-6H2,1-2H3/q-1. The Morgan fingerprint density at radius 1 is 1.43 bits per heavy atom. The minimum absolute atomic E-state index is 0.326. The van der Waals surface area contributed by atoms with Crippen LogP contribution in [-0.4, -0.2) is 30.9 Å². The molecule has 2 aliphatic rings. The predicted molar refractivity (Wildman–Crippen MR) is 50.5 cm³/mol. The molecule has 0 aromatic carbocycles. The van der Waals surface area contributed by atoms with E-state index in [0.29, 0.717) is 21.5 Å². The Bertz CT molecular complexity index is 337. The van der Waals surface area contributed by atoms with Crippen molar-refractivity contribution in [2.24, 2.45) is 11.8 Å². The minimum atomic E-state index is 0.326. The molecule has 1 aliphatic heterocycles. The summed E-state index contributed by atoms with van der Waals surface area (Å²) in [5.41, 5.74) is 1.15. The molecule has 1 saturated heterocycles. The van der Waals surface area contributed by atoms with Gasteiger partial charge in [-0.25, -0.2) is 0 Å². The van der Waals surface area contributed by atoms with E-state index in [2.05, 4.69) is 37.0 Å². The first kappa shape index (κ1) is 9.15. The molecule has 2 heterocycles. The predicted octanol–water partition coefficient (Wildman–Crippen LogP) is -2.07. The molecule has 78 valence electrons. The first-order chi connectivity index (χ1) is 6.79. The molecule has 0 bridgehead atoms. The van der Waals surface area contributed by atoms with Crippen molar-refractivity contribution in [3.63, 3.8) is 0 Å². The normalized spacial score (nSPS) is 36.3. The van der Waals surface area contributed by atoms with Crippen LogP contribution in [0.1, 0.15) is 11.7 Å². The number of fused-ring (bicyclic) bond motifs is 1. The van der Waals surface area contributed by atoms with Crippen LogP contribution in [0.4, 0.5) is 0 Å². The zero-order valence-electron chi connectivity index (χ0n) is 8.52. The number of alkyl halides is 1. The van der Waals surface area contributed by atoms with Crippen LogP contribution < -0.4 is 21.5 Å². The summed E-state index contributed by atoms with van der Waals surface area (Å²) in [4.78, 5) is 2.36. The van der Waals surface area contributed by atoms with Gasteiger partial charge in [0.2, 0.25) is 0 Å². The molecule has 0 N–H and O–H groups in total. The van der Waals surface area contributed by atoms with Crippen LogP contribution in [0.3, 0.4) is 0 Å². The first-order valence-electron chi connectivity index (χ1n) is 5.06. The Morgan fingerprint density at radius 2 is 2.14 bits per heavy atom. The third-order valence-corrected chi connectivity index (χ3v) is 5.54. The zero-order chi connectivity index (χ0) is 9.71. The SMILES string of the molecule is C[I-]N1CC2C(C1)C2n1ccc(C)n1. The molecule has 14 heavy (non-hydrogen) atoms. The van der Waals surface area contributed by atoms with Gasteiger partial charge in [0.1, 0.15) is 0 Å². The molecular formula is C10H15IN3-. The second kappa shape index (κ2) is 3.20. The Morgan fingerprint density at radius 3 is 2.64 bits per heavy atom. The molecular weight excluding hydrogens is 289 g/mol. The fourth-order valence-electron chi connectivity index (χ4n) is 2.57. The van der Waals surface area contributed by atoms with E-state index >= 15 is 0 Å². The average molecular weight is 304 g/mol. The van der Waals surface area contributed by atoms with E-state index in [1.807, 2.05) is 0 Å². The van der Waals surface area contributed by atoms with Gasteiger partial charge in [-0.3, -0.25) is 0 Å². The second-order valence-corrected chi connectivity index (χ2v) is 6.58.